The van der Waals surface area contributed by atoms with Gasteiger partial charge in [-0.2, -0.15) is 0 Å². The number of rotatable bonds is 4. The van der Waals surface area contributed by atoms with Gasteiger partial charge in [-0.1, -0.05) is 17.7 Å². The first-order valence-electron chi connectivity index (χ1n) is 5.38. The Bertz CT molecular complexity index is 621. The van der Waals surface area contributed by atoms with Gasteiger partial charge in [-0.05, 0) is 25.1 Å². The highest BCUT2D eigenvalue weighted by molar-refractivity contribution is 6.30. The van der Waals surface area contributed by atoms with Crippen molar-refractivity contribution in [2.75, 3.05) is 0 Å². The molecule has 1 N–H and O–H groups in total. The van der Waals surface area contributed by atoms with Crippen LogP contribution in [0.15, 0.2) is 28.7 Å². The summed E-state index contributed by atoms with van der Waals surface area (Å²) in [6.45, 7) is 1.53. The fraction of sp³-hybridized carbons (Fsp3) is 0.154. The first-order valence-corrected chi connectivity index (χ1v) is 5.76. The molecule has 0 amide bonds. The summed E-state index contributed by atoms with van der Waals surface area (Å²) in [6, 6.07) is 5.92. The molecular formula is C13H10ClFO4. The van der Waals surface area contributed by atoms with E-state index in [1.807, 2.05) is 0 Å². The molecule has 1 heterocycles. The molecule has 0 fully saturated rings. The lowest BCUT2D eigenvalue weighted by Gasteiger charge is -2.05. The van der Waals surface area contributed by atoms with Crippen LogP contribution < -0.4 is 4.74 Å². The van der Waals surface area contributed by atoms with Crippen molar-refractivity contribution in [1.82, 2.24) is 0 Å². The van der Waals surface area contributed by atoms with Crippen molar-refractivity contribution >= 4 is 17.6 Å². The summed E-state index contributed by atoms with van der Waals surface area (Å²) in [6.07, 6.45) is 0. The fourth-order valence-electron chi connectivity index (χ4n) is 1.58. The number of carboxylic acids is 1. The van der Waals surface area contributed by atoms with Crippen molar-refractivity contribution in [3.05, 3.63) is 52.2 Å². The fourth-order valence-corrected chi connectivity index (χ4v) is 1.74. The van der Waals surface area contributed by atoms with Gasteiger partial charge in [0.05, 0.1) is 5.02 Å². The van der Waals surface area contributed by atoms with Gasteiger partial charge in [0.1, 0.15) is 12.4 Å². The summed E-state index contributed by atoms with van der Waals surface area (Å²) in [5, 5.41) is 8.79. The topological polar surface area (TPSA) is 59.7 Å². The van der Waals surface area contributed by atoms with Gasteiger partial charge < -0.3 is 14.3 Å². The SMILES string of the molecule is Cc1cc(COc2cccc(Cl)c2F)oc1C(=O)O. The molecule has 0 spiro atoms. The van der Waals surface area contributed by atoms with Crippen LogP contribution in [0.1, 0.15) is 21.9 Å². The lowest BCUT2D eigenvalue weighted by molar-refractivity contribution is 0.0657. The molecule has 4 nitrogen and oxygen atoms in total. The van der Waals surface area contributed by atoms with Crippen LogP contribution in [0.3, 0.4) is 0 Å². The number of benzene rings is 1. The number of aromatic carboxylic acids is 1. The molecule has 1 aromatic heterocycles. The Morgan fingerprint density at radius 2 is 2.26 bits per heavy atom. The van der Waals surface area contributed by atoms with Gasteiger partial charge in [0.25, 0.3) is 0 Å². The number of furan rings is 1. The number of aryl methyl sites for hydroxylation is 1. The lowest BCUT2D eigenvalue weighted by atomic mass is 10.2. The Morgan fingerprint density at radius 3 is 2.89 bits per heavy atom. The Morgan fingerprint density at radius 1 is 1.53 bits per heavy atom. The van der Waals surface area contributed by atoms with Crippen molar-refractivity contribution < 1.29 is 23.4 Å². The van der Waals surface area contributed by atoms with Crippen LogP contribution >= 0.6 is 11.6 Å². The van der Waals surface area contributed by atoms with Crippen LogP contribution in [0.2, 0.25) is 5.02 Å². The molecule has 2 rings (SSSR count). The second-order valence-corrected chi connectivity index (χ2v) is 4.28. The third-order valence-corrected chi connectivity index (χ3v) is 2.74. The van der Waals surface area contributed by atoms with Crippen molar-refractivity contribution in [2.24, 2.45) is 0 Å². The second-order valence-electron chi connectivity index (χ2n) is 3.87. The van der Waals surface area contributed by atoms with Crippen molar-refractivity contribution in [1.29, 1.82) is 0 Å². The summed E-state index contributed by atoms with van der Waals surface area (Å²) < 4.78 is 23.8. The summed E-state index contributed by atoms with van der Waals surface area (Å²) in [7, 11) is 0. The van der Waals surface area contributed by atoms with E-state index in [-0.39, 0.29) is 23.1 Å². The first-order chi connectivity index (χ1) is 8.99. The minimum atomic E-state index is -1.15. The zero-order valence-corrected chi connectivity index (χ0v) is 10.7. The van der Waals surface area contributed by atoms with Crippen LogP contribution in [0, 0.1) is 12.7 Å². The largest absolute Gasteiger partial charge is 0.483 e. The van der Waals surface area contributed by atoms with Crippen LogP contribution in [-0.2, 0) is 6.61 Å². The molecule has 6 heteroatoms. The van der Waals surface area contributed by atoms with E-state index in [1.165, 1.54) is 18.2 Å². The highest BCUT2D eigenvalue weighted by Crippen LogP contribution is 2.25. The minimum Gasteiger partial charge on any atom is -0.483 e. The van der Waals surface area contributed by atoms with E-state index in [9.17, 15) is 9.18 Å². The maximum Gasteiger partial charge on any atom is 0.372 e. The molecule has 0 saturated carbocycles. The van der Waals surface area contributed by atoms with E-state index in [2.05, 4.69) is 0 Å². The summed E-state index contributed by atoms with van der Waals surface area (Å²) in [5.41, 5.74) is 0.484. The molecule has 1 aromatic carbocycles. The predicted molar refractivity (Wildman–Crippen MR) is 66.1 cm³/mol. The molecule has 0 aliphatic carbocycles. The molecule has 0 saturated heterocycles. The molecule has 0 radical (unpaired) electrons. The smallest absolute Gasteiger partial charge is 0.372 e. The molecule has 0 atom stereocenters. The number of hydrogen-bond acceptors (Lipinski definition) is 3. The van der Waals surface area contributed by atoms with Crippen LogP contribution in [0.4, 0.5) is 4.39 Å². The minimum absolute atomic E-state index is 0.0153. The molecular weight excluding hydrogens is 275 g/mol. The zero-order chi connectivity index (χ0) is 14.0. The summed E-state index contributed by atoms with van der Waals surface area (Å²) >= 11 is 5.61. The molecule has 19 heavy (non-hydrogen) atoms. The number of carbonyl (C=O) groups is 1. The van der Waals surface area contributed by atoms with Gasteiger partial charge in [0, 0.05) is 5.56 Å². The summed E-state index contributed by atoms with van der Waals surface area (Å²) in [4.78, 5) is 10.8. The number of halogens is 2. The number of ether oxygens (including phenoxy) is 1. The molecule has 0 aliphatic rings. The maximum atomic E-state index is 13.5. The Kier molecular flexibility index (Phi) is 3.76. The van der Waals surface area contributed by atoms with Crippen LogP contribution in [0.25, 0.3) is 0 Å². The van der Waals surface area contributed by atoms with Crippen molar-refractivity contribution in [2.45, 2.75) is 13.5 Å². The van der Waals surface area contributed by atoms with Crippen molar-refractivity contribution in [3.63, 3.8) is 0 Å². The number of hydrogen-bond donors (Lipinski definition) is 1. The normalized spacial score (nSPS) is 10.5. The monoisotopic (exact) mass is 284 g/mol. The third kappa shape index (κ3) is 2.88. The Hall–Kier alpha value is -2.01. The van der Waals surface area contributed by atoms with E-state index in [4.69, 9.17) is 25.9 Å². The summed E-state index contributed by atoms with van der Waals surface area (Å²) in [5.74, 6) is -1.68. The van der Waals surface area contributed by atoms with E-state index in [0.717, 1.165) is 0 Å². The molecule has 0 bridgehead atoms. The Labute approximate surface area is 113 Å². The molecule has 0 aliphatic heterocycles. The van der Waals surface area contributed by atoms with Gasteiger partial charge in [0.2, 0.25) is 5.76 Å². The number of carboxylic acid groups (broad SMARTS) is 1. The average Bonchev–Trinajstić information content (AvgIpc) is 2.73. The van der Waals surface area contributed by atoms with Gasteiger partial charge in [0.15, 0.2) is 11.6 Å². The second kappa shape index (κ2) is 5.32. The highest BCUT2D eigenvalue weighted by Gasteiger charge is 2.15. The standard InChI is InChI=1S/C13H10ClFO4/c1-7-5-8(19-12(7)13(16)17)6-18-10-4-2-3-9(14)11(10)15/h2-5H,6H2,1H3,(H,16,17). The quantitative estimate of drug-likeness (QED) is 0.931. The van der Waals surface area contributed by atoms with E-state index in [1.54, 1.807) is 13.0 Å². The molecule has 100 valence electrons. The van der Waals surface area contributed by atoms with Gasteiger partial charge in [-0.15, -0.1) is 0 Å². The average molecular weight is 285 g/mol. The first kappa shape index (κ1) is 13.4. The van der Waals surface area contributed by atoms with E-state index < -0.39 is 11.8 Å². The zero-order valence-electron chi connectivity index (χ0n) is 9.94. The Balaban J connectivity index is 2.13. The van der Waals surface area contributed by atoms with Crippen molar-refractivity contribution in [3.8, 4) is 5.75 Å². The lowest BCUT2D eigenvalue weighted by Crippen LogP contribution is -1.97. The van der Waals surface area contributed by atoms with E-state index in [0.29, 0.717) is 11.3 Å². The van der Waals surface area contributed by atoms with Gasteiger partial charge in [-0.25, -0.2) is 9.18 Å². The predicted octanol–water partition coefficient (Wildman–Crippen LogP) is 3.66. The van der Waals surface area contributed by atoms with Crippen LogP contribution in [0.5, 0.6) is 5.75 Å². The van der Waals surface area contributed by atoms with Gasteiger partial charge >= 0.3 is 5.97 Å². The highest BCUT2D eigenvalue weighted by atomic mass is 35.5. The van der Waals surface area contributed by atoms with Gasteiger partial charge in [-0.3, -0.25) is 0 Å². The van der Waals surface area contributed by atoms with Crippen LogP contribution in [-0.4, -0.2) is 11.1 Å². The molecule has 0 unspecified atom stereocenters. The van der Waals surface area contributed by atoms with E-state index >= 15 is 0 Å². The molecule has 2 aromatic rings. The maximum absolute atomic E-state index is 13.5. The third-order valence-electron chi connectivity index (χ3n) is 2.45.